The van der Waals surface area contributed by atoms with E-state index in [-0.39, 0.29) is 35.4 Å². The second-order valence-electron chi connectivity index (χ2n) is 6.46. The van der Waals surface area contributed by atoms with Gasteiger partial charge in [0.25, 0.3) is 0 Å². The topological polar surface area (TPSA) is 33.2 Å². The van der Waals surface area contributed by atoms with Crippen molar-refractivity contribution in [1.82, 2.24) is 4.98 Å². The average molecular weight is 369 g/mol. The van der Waals surface area contributed by atoms with Gasteiger partial charge in [0.15, 0.2) is 0 Å². The molecule has 0 unspecified atom stereocenters. The Morgan fingerprint density at radius 1 is 1.38 bits per heavy atom. The zero-order valence-electron chi connectivity index (χ0n) is 13.6. The van der Waals surface area contributed by atoms with E-state index in [0.29, 0.717) is 18.5 Å². The van der Waals surface area contributed by atoms with Crippen molar-refractivity contribution in [2.24, 2.45) is 0 Å². The lowest BCUT2D eigenvalue weighted by Gasteiger charge is -2.19. The van der Waals surface area contributed by atoms with E-state index in [9.17, 15) is 9.18 Å². The number of aromatic nitrogens is 1. The zero-order chi connectivity index (χ0) is 16.6. The first-order valence-corrected chi connectivity index (χ1v) is 8.05. The van der Waals surface area contributed by atoms with Crippen LogP contribution >= 0.6 is 24.0 Å². The minimum absolute atomic E-state index is 0. The molecule has 0 atom stereocenters. The fourth-order valence-corrected chi connectivity index (χ4v) is 3.17. The number of benzene rings is 1. The minimum Gasteiger partial charge on any atom is -0.310 e. The summed E-state index contributed by atoms with van der Waals surface area (Å²) in [5, 5.41) is 0. The van der Waals surface area contributed by atoms with Crippen molar-refractivity contribution in [1.29, 1.82) is 0 Å². The lowest BCUT2D eigenvalue weighted by atomic mass is 9.88. The number of rotatable bonds is 3. The van der Waals surface area contributed by atoms with E-state index in [2.05, 4.69) is 18.8 Å². The number of hydrogen-bond donors (Lipinski definition) is 0. The predicted octanol–water partition coefficient (Wildman–Crippen LogP) is 4.10. The summed E-state index contributed by atoms with van der Waals surface area (Å²) >= 11 is 5.73. The van der Waals surface area contributed by atoms with Gasteiger partial charge in [-0.15, -0.1) is 24.0 Å². The lowest BCUT2D eigenvalue weighted by Crippen LogP contribution is -2.34. The highest BCUT2D eigenvalue weighted by Crippen LogP contribution is 2.40. The Balaban J connectivity index is 0.00000208. The molecule has 2 aromatic rings. The Hall–Kier alpha value is -1.65. The molecule has 0 aliphatic carbocycles. The normalized spacial score (nSPS) is 14.9. The first-order chi connectivity index (χ1) is 10.9. The van der Waals surface area contributed by atoms with Crippen LogP contribution in [0, 0.1) is 5.82 Å². The third-order valence-corrected chi connectivity index (χ3v) is 4.49. The maximum Gasteiger partial charge on any atom is 0.241 e. The maximum atomic E-state index is 13.8. The molecule has 0 N–H and O–H groups in total. The molecule has 0 saturated heterocycles. The molecule has 1 aromatic heterocycles. The van der Waals surface area contributed by atoms with Gasteiger partial charge in [-0.3, -0.25) is 9.78 Å². The standard InChI is InChI=1S/C18H18ClFN2O.ClH/c1-18(2)11-22(17(23)9-19)16-8-13(21-10-14(16)18)7-12-5-3-4-6-15(12)20;/h3-6,8,10H,7,9,11H2,1-2H3;1H. The molecule has 3 nitrogen and oxygen atoms in total. The van der Waals surface area contributed by atoms with Gasteiger partial charge in [-0.05, 0) is 17.7 Å². The number of carbonyl (C=O) groups excluding carboxylic acids is 1. The largest absolute Gasteiger partial charge is 0.310 e. The number of fused-ring (bicyclic) bond motifs is 1. The van der Waals surface area contributed by atoms with Crippen LogP contribution < -0.4 is 4.90 Å². The Morgan fingerprint density at radius 3 is 2.75 bits per heavy atom. The summed E-state index contributed by atoms with van der Waals surface area (Å²) in [6.07, 6.45) is 2.19. The van der Waals surface area contributed by atoms with E-state index in [0.717, 1.165) is 16.9 Å². The summed E-state index contributed by atoms with van der Waals surface area (Å²) in [5.41, 5.74) is 3.02. The average Bonchev–Trinajstić information content (AvgIpc) is 2.80. The van der Waals surface area contributed by atoms with E-state index in [1.807, 2.05) is 6.07 Å². The van der Waals surface area contributed by atoms with Gasteiger partial charge in [0.2, 0.25) is 5.91 Å². The van der Waals surface area contributed by atoms with Crippen molar-refractivity contribution >= 4 is 35.6 Å². The van der Waals surface area contributed by atoms with Gasteiger partial charge in [0, 0.05) is 35.8 Å². The first-order valence-electron chi connectivity index (χ1n) is 7.51. The van der Waals surface area contributed by atoms with Crippen LogP contribution in [0.4, 0.5) is 10.1 Å². The zero-order valence-corrected chi connectivity index (χ0v) is 15.1. The summed E-state index contributed by atoms with van der Waals surface area (Å²) in [6.45, 7) is 4.73. The van der Waals surface area contributed by atoms with Crippen molar-refractivity contribution < 1.29 is 9.18 Å². The highest BCUT2D eigenvalue weighted by atomic mass is 35.5. The molecule has 2 heterocycles. The van der Waals surface area contributed by atoms with Crippen LogP contribution in [-0.2, 0) is 16.6 Å². The molecule has 0 radical (unpaired) electrons. The summed E-state index contributed by atoms with van der Waals surface area (Å²) < 4.78 is 13.8. The number of pyridine rings is 1. The molecule has 1 aliphatic heterocycles. The number of carbonyl (C=O) groups is 1. The van der Waals surface area contributed by atoms with Gasteiger partial charge in [-0.2, -0.15) is 0 Å². The van der Waals surface area contributed by atoms with Gasteiger partial charge < -0.3 is 4.90 Å². The Bertz CT molecular complexity index is 764. The third kappa shape index (κ3) is 3.40. The fraction of sp³-hybridized carbons (Fsp3) is 0.333. The van der Waals surface area contributed by atoms with Crippen LogP contribution in [0.5, 0.6) is 0 Å². The van der Waals surface area contributed by atoms with Crippen LogP contribution in [0.25, 0.3) is 0 Å². The van der Waals surface area contributed by atoms with Gasteiger partial charge in [0.05, 0.1) is 5.69 Å². The fourth-order valence-electron chi connectivity index (χ4n) is 3.03. The highest BCUT2D eigenvalue weighted by molar-refractivity contribution is 6.29. The molecule has 1 aromatic carbocycles. The van der Waals surface area contributed by atoms with Gasteiger partial charge in [-0.25, -0.2) is 4.39 Å². The number of nitrogens with zero attached hydrogens (tertiary/aromatic N) is 2. The van der Waals surface area contributed by atoms with Crippen LogP contribution in [0.3, 0.4) is 0 Å². The minimum atomic E-state index is -0.246. The van der Waals surface area contributed by atoms with Crippen molar-refractivity contribution in [3.8, 4) is 0 Å². The monoisotopic (exact) mass is 368 g/mol. The molecule has 0 spiro atoms. The molecule has 128 valence electrons. The molecule has 6 heteroatoms. The SMILES string of the molecule is CC1(C)CN(C(=O)CCl)c2cc(Cc3ccccc3F)ncc21.Cl. The van der Waals surface area contributed by atoms with E-state index in [1.54, 1.807) is 29.3 Å². The predicted molar refractivity (Wildman–Crippen MR) is 96.8 cm³/mol. The number of halogens is 3. The number of hydrogen-bond acceptors (Lipinski definition) is 2. The Kier molecular flexibility index (Phi) is 5.51. The summed E-state index contributed by atoms with van der Waals surface area (Å²) in [7, 11) is 0. The lowest BCUT2D eigenvalue weighted by molar-refractivity contribution is -0.116. The van der Waals surface area contributed by atoms with Crippen molar-refractivity contribution in [2.45, 2.75) is 25.7 Å². The molecule has 1 amide bonds. The first kappa shape index (κ1) is 18.7. The van der Waals surface area contributed by atoms with E-state index < -0.39 is 0 Å². The summed E-state index contributed by atoms with van der Waals surface area (Å²) in [6, 6.07) is 8.53. The van der Waals surface area contributed by atoms with Crippen LogP contribution in [0.1, 0.15) is 30.7 Å². The molecule has 0 bridgehead atoms. The molecular formula is C18H19Cl2FN2O. The molecule has 0 saturated carbocycles. The quantitative estimate of drug-likeness (QED) is 0.764. The van der Waals surface area contributed by atoms with Crippen molar-refractivity contribution in [2.75, 3.05) is 17.3 Å². The van der Waals surface area contributed by atoms with Crippen molar-refractivity contribution in [3.63, 3.8) is 0 Å². The van der Waals surface area contributed by atoms with Crippen LogP contribution in [0.15, 0.2) is 36.5 Å². The van der Waals surface area contributed by atoms with E-state index in [4.69, 9.17) is 11.6 Å². The van der Waals surface area contributed by atoms with Gasteiger partial charge in [-0.1, -0.05) is 32.0 Å². The number of amides is 1. The van der Waals surface area contributed by atoms with Crippen LogP contribution in [0.2, 0.25) is 0 Å². The van der Waals surface area contributed by atoms with Crippen LogP contribution in [-0.4, -0.2) is 23.3 Å². The second-order valence-corrected chi connectivity index (χ2v) is 6.73. The highest BCUT2D eigenvalue weighted by Gasteiger charge is 2.38. The van der Waals surface area contributed by atoms with E-state index in [1.165, 1.54) is 6.07 Å². The molecule has 1 aliphatic rings. The molecule has 24 heavy (non-hydrogen) atoms. The maximum absolute atomic E-state index is 13.8. The van der Waals surface area contributed by atoms with E-state index >= 15 is 0 Å². The number of alkyl halides is 1. The Morgan fingerprint density at radius 2 is 2.08 bits per heavy atom. The number of anilines is 1. The third-order valence-electron chi connectivity index (χ3n) is 4.26. The summed E-state index contributed by atoms with van der Waals surface area (Å²) in [5.74, 6) is -0.425. The summed E-state index contributed by atoms with van der Waals surface area (Å²) in [4.78, 5) is 18.3. The molecule has 0 fully saturated rings. The Labute approximate surface area is 152 Å². The smallest absolute Gasteiger partial charge is 0.241 e. The van der Waals surface area contributed by atoms with Crippen molar-refractivity contribution in [3.05, 3.63) is 59.2 Å². The van der Waals surface area contributed by atoms with Gasteiger partial charge >= 0.3 is 0 Å². The van der Waals surface area contributed by atoms with Gasteiger partial charge in [0.1, 0.15) is 11.7 Å². The second kappa shape index (κ2) is 7.08. The molecular weight excluding hydrogens is 350 g/mol. The molecule has 3 rings (SSSR count).